The van der Waals surface area contributed by atoms with Crippen molar-refractivity contribution in [2.75, 3.05) is 12.4 Å². The molecule has 1 rings (SSSR count). The summed E-state index contributed by atoms with van der Waals surface area (Å²) in [6, 6.07) is 8.53. The lowest BCUT2D eigenvalue weighted by atomic mass is 9.85. The van der Waals surface area contributed by atoms with Gasteiger partial charge in [-0.25, -0.2) is 0 Å². The molecule has 0 bridgehead atoms. The van der Waals surface area contributed by atoms with E-state index in [1.165, 1.54) is 11.8 Å². The van der Waals surface area contributed by atoms with Gasteiger partial charge < -0.3 is 15.5 Å². The van der Waals surface area contributed by atoms with Crippen LogP contribution in [-0.4, -0.2) is 40.6 Å². The largest absolute Gasteiger partial charge is 0.394 e. The number of benzene rings is 1. The molecule has 0 heterocycles. The van der Waals surface area contributed by atoms with Gasteiger partial charge in [0.1, 0.15) is 0 Å². The van der Waals surface area contributed by atoms with Crippen molar-refractivity contribution >= 4 is 17.7 Å². The minimum Gasteiger partial charge on any atom is -0.394 e. The van der Waals surface area contributed by atoms with Gasteiger partial charge in [0.15, 0.2) is 0 Å². The van der Waals surface area contributed by atoms with Crippen LogP contribution < -0.4 is 5.32 Å². The lowest BCUT2D eigenvalue weighted by molar-refractivity contribution is 0.0383. The predicted molar refractivity (Wildman–Crippen MR) is 91.2 cm³/mol. The molecule has 2 atom stereocenters. The topological polar surface area (TPSA) is 93.3 Å². The number of hydrogen-bond donors (Lipinski definition) is 3. The van der Waals surface area contributed by atoms with Crippen molar-refractivity contribution < 1.29 is 15.0 Å². The highest BCUT2D eigenvalue weighted by Gasteiger charge is 2.26. The van der Waals surface area contributed by atoms with Crippen molar-refractivity contribution in [2.45, 2.75) is 44.2 Å². The number of hydrogen-bond acceptors (Lipinski definition) is 5. The highest BCUT2D eigenvalue weighted by atomic mass is 32.2. The number of aliphatic hydroxyl groups excluding tert-OH is 2. The Labute approximate surface area is 141 Å². The van der Waals surface area contributed by atoms with E-state index in [4.69, 9.17) is 5.26 Å². The van der Waals surface area contributed by atoms with Crippen LogP contribution in [0.1, 0.15) is 37.6 Å². The molecular formula is C17H24N2O3S. The normalized spacial score (nSPS) is 13.9. The summed E-state index contributed by atoms with van der Waals surface area (Å²) in [5, 5.41) is 30.9. The van der Waals surface area contributed by atoms with Crippen LogP contribution in [0.4, 0.5) is 0 Å². The van der Waals surface area contributed by atoms with Crippen LogP contribution in [-0.2, 0) is 0 Å². The molecule has 0 radical (unpaired) electrons. The maximum atomic E-state index is 12.3. The van der Waals surface area contributed by atoms with Crippen LogP contribution in [0.25, 0.3) is 0 Å². The number of thioether (sulfide) groups is 1. The number of carbonyl (C=O) groups excluding carboxylic acids is 1. The van der Waals surface area contributed by atoms with E-state index in [1.54, 1.807) is 18.2 Å². The van der Waals surface area contributed by atoms with Crippen LogP contribution in [0.2, 0.25) is 0 Å². The average molecular weight is 336 g/mol. The lowest BCUT2D eigenvalue weighted by Gasteiger charge is -2.29. The fourth-order valence-corrected chi connectivity index (χ4v) is 2.53. The number of rotatable bonds is 7. The van der Waals surface area contributed by atoms with Crippen LogP contribution in [0.15, 0.2) is 29.2 Å². The molecule has 0 aromatic heterocycles. The Kier molecular flexibility index (Phi) is 7.56. The van der Waals surface area contributed by atoms with Gasteiger partial charge in [-0.15, -0.1) is 11.8 Å². The first-order chi connectivity index (χ1) is 10.8. The van der Waals surface area contributed by atoms with Crippen LogP contribution in [0, 0.1) is 16.7 Å². The highest BCUT2D eigenvalue weighted by molar-refractivity contribution is 7.99. The number of nitrogens with one attached hydrogen (secondary N) is 1. The molecule has 0 spiro atoms. The zero-order valence-corrected chi connectivity index (χ0v) is 14.6. The van der Waals surface area contributed by atoms with E-state index in [9.17, 15) is 15.0 Å². The Balaban J connectivity index is 2.71. The second-order valence-electron chi connectivity index (χ2n) is 6.45. The maximum Gasteiger partial charge on any atom is 0.251 e. The van der Waals surface area contributed by atoms with E-state index in [-0.39, 0.29) is 24.3 Å². The molecule has 126 valence electrons. The van der Waals surface area contributed by atoms with Crippen molar-refractivity contribution in [3.05, 3.63) is 29.8 Å². The Morgan fingerprint density at radius 2 is 2.13 bits per heavy atom. The van der Waals surface area contributed by atoms with Gasteiger partial charge in [0.25, 0.3) is 5.91 Å². The van der Waals surface area contributed by atoms with Crippen molar-refractivity contribution in [1.82, 2.24) is 5.32 Å². The monoisotopic (exact) mass is 336 g/mol. The van der Waals surface area contributed by atoms with Crippen molar-refractivity contribution in [2.24, 2.45) is 5.41 Å². The summed E-state index contributed by atoms with van der Waals surface area (Å²) in [6.45, 7) is 5.49. The molecule has 2 unspecified atom stereocenters. The number of nitriles is 1. The van der Waals surface area contributed by atoms with Gasteiger partial charge in [-0.2, -0.15) is 5.26 Å². The van der Waals surface area contributed by atoms with E-state index < -0.39 is 12.1 Å². The van der Waals surface area contributed by atoms with Gasteiger partial charge in [0.05, 0.1) is 30.6 Å². The van der Waals surface area contributed by atoms with Gasteiger partial charge in [-0.1, -0.05) is 26.8 Å². The van der Waals surface area contributed by atoms with Gasteiger partial charge in [0.2, 0.25) is 0 Å². The van der Waals surface area contributed by atoms with E-state index >= 15 is 0 Å². The van der Waals surface area contributed by atoms with E-state index in [2.05, 4.69) is 5.32 Å². The third kappa shape index (κ3) is 6.61. The molecule has 1 aromatic carbocycles. The molecule has 0 aliphatic rings. The summed E-state index contributed by atoms with van der Waals surface area (Å²) in [5.74, 6) is 0.0202. The summed E-state index contributed by atoms with van der Waals surface area (Å²) >= 11 is 1.36. The van der Waals surface area contributed by atoms with E-state index in [1.807, 2.05) is 32.9 Å². The Bertz CT molecular complexity index is 564. The zero-order valence-electron chi connectivity index (χ0n) is 13.7. The van der Waals surface area contributed by atoms with Gasteiger partial charge in [-0.05, 0) is 30.0 Å². The molecule has 0 aliphatic carbocycles. The van der Waals surface area contributed by atoms with Crippen LogP contribution in [0.5, 0.6) is 0 Å². The van der Waals surface area contributed by atoms with Crippen molar-refractivity contribution in [1.29, 1.82) is 5.26 Å². The number of carbonyl (C=O) groups is 1. The first-order valence-electron chi connectivity index (χ1n) is 7.47. The van der Waals surface area contributed by atoms with Crippen molar-refractivity contribution in [3.8, 4) is 6.07 Å². The molecule has 0 aliphatic heterocycles. The van der Waals surface area contributed by atoms with Crippen molar-refractivity contribution in [3.63, 3.8) is 0 Å². The molecule has 0 fully saturated rings. The second kappa shape index (κ2) is 8.92. The quantitative estimate of drug-likeness (QED) is 0.664. The number of nitrogens with zero attached hydrogens (tertiary/aromatic N) is 1. The summed E-state index contributed by atoms with van der Waals surface area (Å²) in [7, 11) is 0. The highest BCUT2D eigenvalue weighted by Crippen LogP contribution is 2.23. The molecule has 3 N–H and O–H groups in total. The molecule has 1 aromatic rings. The average Bonchev–Trinajstić information content (AvgIpc) is 2.51. The first-order valence-corrected chi connectivity index (χ1v) is 8.46. The first kappa shape index (κ1) is 19.5. The third-order valence-electron chi connectivity index (χ3n) is 3.46. The SMILES string of the molecule is CC(C)(C)C(O)CC(CO)NC(=O)c1cccc(SCC#N)c1. The summed E-state index contributed by atoms with van der Waals surface area (Å²) < 4.78 is 0. The Morgan fingerprint density at radius 1 is 1.43 bits per heavy atom. The number of aliphatic hydroxyl groups is 2. The third-order valence-corrected chi connectivity index (χ3v) is 4.32. The fraction of sp³-hybridized carbons (Fsp3) is 0.529. The summed E-state index contributed by atoms with van der Waals surface area (Å²) in [5.41, 5.74) is 0.156. The van der Waals surface area contributed by atoms with E-state index in [0.29, 0.717) is 11.3 Å². The molecule has 5 nitrogen and oxygen atoms in total. The lowest BCUT2D eigenvalue weighted by Crippen LogP contribution is -2.42. The summed E-state index contributed by atoms with van der Waals surface area (Å²) in [6.07, 6.45) is -0.341. The molecule has 0 saturated heterocycles. The standard InChI is InChI=1S/C17H24N2O3S/c1-17(2,3)15(21)10-13(11-20)19-16(22)12-5-4-6-14(9-12)23-8-7-18/h4-6,9,13,15,20-21H,8,10-11H2,1-3H3,(H,19,22). The van der Waals surface area contributed by atoms with E-state index in [0.717, 1.165) is 4.90 Å². The smallest absolute Gasteiger partial charge is 0.251 e. The predicted octanol–water partition coefficient (Wildman–Crippen LogP) is 2.19. The summed E-state index contributed by atoms with van der Waals surface area (Å²) in [4.78, 5) is 13.1. The molecule has 1 amide bonds. The Hall–Kier alpha value is -1.55. The van der Waals surface area contributed by atoms with Gasteiger partial charge in [0, 0.05) is 10.5 Å². The van der Waals surface area contributed by atoms with Gasteiger partial charge in [-0.3, -0.25) is 4.79 Å². The minimum atomic E-state index is -0.627. The van der Waals surface area contributed by atoms with Gasteiger partial charge >= 0.3 is 0 Å². The zero-order chi connectivity index (χ0) is 17.5. The Morgan fingerprint density at radius 3 is 2.70 bits per heavy atom. The van der Waals surface area contributed by atoms with Crippen LogP contribution in [0.3, 0.4) is 0 Å². The minimum absolute atomic E-state index is 0.234. The number of amides is 1. The van der Waals surface area contributed by atoms with Crippen LogP contribution >= 0.6 is 11.8 Å². The fourth-order valence-electron chi connectivity index (χ4n) is 1.91. The molecule has 23 heavy (non-hydrogen) atoms. The molecular weight excluding hydrogens is 312 g/mol. The maximum absolute atomic E-state index is 12.3. The molecule has 6 heteroatoms. The second-order valence-corrected chi connectivity index (χ2v) is 7.49. The molecule has 0 saturated carbocycles.